The second-order valence-corrected chi connectivity index (χ2v) is 4.44. The van der Waals surface area contributed by atoms with Crippen molar-refractivity contribution >= 4 is 15.9 Å². The highest BCUT2D eigenvalue weighted by molar-refractivity contribution is 9.11. The molecule has 2 nitrogen and oxygen atoms in total. The molecule has 1 rings (SSSR count). The first-order chi connectivity index (χ1) is 8.27. The molecule has 17 heavy (non-hydrogen) atoms. The summed E-state index contributed by atoms with van der Waals surface area (Å²) in [6.45, 7) is 0.648. The lowest BCUT2D eigenvalue weighted by Crippen LogP contribution is -2.02. The van der Waals surface area contributed by atoms with E-state index < -0.39 is 6.67 Å². The number of methoxy groups -OCH3 is 1. The summed E-state index contributed by atoms with van der Waals surface area (Å²) < 4.78 is 24.3. The third kappa shape index (κ3) is 5.35. The fraction of sp³-hybridized carbons (Fsp3) is 0.462. The summed E-state index contributed by atoms with van der Waals surface area (Å²) in [4.78, 5) is 0. The summed E-state index contributed by atoms with van der Waals surface area (Å²) in [7, 11) is 1.65. The largest absolute Gasteiger partial charge is 0.497 e. The van der Waals surface area contributed by atoms with Gasteiger partial charge in [0.15, 0.2) is 0 Å². The summed E-state index contributed by atoms with van der Waals surface area (Å²) in [5, 5.41) is 0. The molecular weight excluding hydrogens is 287 g/mol. The molecule has 0 aromatic heterocycles. The van der Waals surface area contributed by atoms with Crippen molar-refractivity contribution in [3.8, 4) is 0 Å². The first-order valence-electron chi connectivity index (χ1n) is 5.45. The van der Waals surface area contributed by atoms with Crippen LogP contribution in [0, 0.1) is 0 Å². The zero-order chi connectivity index (χ0) is 12.5. The van der Waals surface area contributed by atoms with Gasteiger partial charge in [0.25, 0.3) is 0 Å². The van der Waals surface area contributed by atoms with Crippen molar-refractivity contribution in [1.82, 2.24) is 0 Å². The van der Waals surface area contributed by atoms with Crippen molar-refractivity contribution in [2.75, 3.05) is 27.0 Å². The van der Waals surface area contributed by atoms with E-state index in [1.54, 1.807) is 19.3 Å². The molecule has 0 bridgehead atoms. The maximum absolute atomic E-state index is 12.8. The highest BCUT2D eigenvalue weighted by atomic mass is 79.9. The monoisotopic (exact) mass is 302 g/mol. The molecule has 1 aliphatic carbocycles. The molecule has 1 aliphatic rings. The van der Waals surface area contributed by atoms with Gasteiger partial charge in [-0.05, 0) is 12.2 Å². The van der Waals surface area contributed by atoms with E-state index in [4.69, 9.17) is 9.47 Å². The highest BCUT2D eigenvalue weighted by Gasteiger charge is 2.06. The Morgan fingerprint density at radius 1 is 1.41 bits per heavy atom. The van der Waals surface area contributed by atoms with E-state index in [1.165, 1.54) is 0 Å². The molecule has 0 atom stereocenters. The summed E-state index contributed by atoms with van der Waals surface area (Å²) in [6, 6.07) is 0. The Kier molecular flexibility index (Phi) is 6.94. The third-order valence-electron chi connectivity index (χ3n) is 2.23. The number of rotatable bonds is 6. The molecule has 0 N–H and O–H groups in total. The maximum atomic E-state index is 12.8. The van der Waals surface area contributed by atoms with Crippen molar-refractivity contribution < 1.29 is 13.9 Å². The van der Waals surface area contributed by atoms with Crippen molar-refractivity contribution in [3.63, 3.8) is 0 Å². The third-order valence-corrected chi connectivity index (χ3v) is 2.79. The van der Waals surface area contributed by atoms with Crippen LogP contribution in [0.4, 0.5) is 4.39 Å². The smallest absolute Gasteiger partial charge is 0.118 e. The van der Waals surface area contributed by atoms with Crippen LogP contribution in [0.1, 0.15) is 12.8 Å². The molecular formula is C13H16BrFO2. The van der Waals surface area contributed by atoms with Crippen LogP contribution in [-0.4, -0.2) is 27.0 Å². The molecule has 0 spiro atoms. The van der Waals surface area contributed by atoms with Crippen LogP contribution >= 0.6 is 15.9 Å². The quantitative estimate of drug-likeness (QED) is 0.551. The van der Waals surface area contributed by atoms with Crippen LogP contribution in [0.5, 0.6) is 0 Å². The van der Waals surface area contributed by atoms with Gasteiger partial charge in [0, 0.05) is 36.6 Å². The normalized spacial score (nSPS) is 22.9. The molecule has 94 valence electrons. The van der Waals surface area contributed by atoms with Crippen LogP contribution < -0.4 is 0 Å². The van der Waals surface area contributed by atoms with Gasteiger partial charge < -0.3 is 9.47 Å². The first-order valence-corrected chi connectivity index (χ1v) is 6.25. The molecule has 0 saturated carbocycles. The van der Waals surface area contributed by atoms with Crippen molar-refractivity contribution in [1.29, 1.82) is 0 Å². The maximum Gasteiger partial charge on any atom is 0.118 e. The van der Waals surface area contributed by atoms with Gasteiger partial charge in [0.2, 0.25) is 0 Å². The Bertz CT molecular complexity index is 366. The zero-order valence-electron chi connectivity index (χ0n) is 9.84. The van der Waals surface area contributed by atoms with Crippen molar-refractivity contribution in [3.05, 3.63) is 39.8 Å². The Morgan fingerprint density at radius 2 is 2.24 bits per heavy atom. The van der Waals surface area contributed by atoms with Crippen LogP contribution in [0.15, 0.2) is 39.8 Å². The van der Waals surface area contributed by atoms with E-state index in [0.29, 0.717) is 31.0 Å². The minimum absolute atomic E-state index is 0.536. The first kappa shape index (κ1) is 14.2. The second-order valence-electron chi connectivity index (χ2n) is 3.53. The van der Waals surface area contributed by atoms with Gasteiger partial charge in [-0.1, -0.05) is 22.0 Å². The van der Waals surface area contributed by atoms with E-state index >= 15 is 0 Å². The van der Waals surface area contributed by atoms with E-state index in [2.05, 4.69) is 21.7 Å². The van der Waals surface area contributed by atoms with Gasteiger partial charge >= 0.3 is 0 Å². The summed E-state index contributed by atoms with van der Waals surface area (Å²) in [5.41, 5.74) is 3.45. The minimum atomic E-state index is -0.536. The summed E-state index contributed by atoms with van der Waals surface area (Å²) in [6.07, 6.45) is 6.70. The summed E-state index contributed by atoms with van der Waals surface area (Å²) in [5.74, 6) is 0.668. The topological polar surface area (TPSA) is 18.5 Å². The Morgan fingerprint density at radius 3 is 2.94 bits per heavy atom. The lowest BCUT2D eigenvalue weighted by Gasteiger charge is -2.12. The number of hydrogen-bond acceptors (Lipinski definition) is 2. The Balaban J connectivity index is 2.66. The molecule has 0 fully saturated rings. The number of halogens is 2. The van der Waals surface area contributed by atoms with E-state index in [0.717, 1.165) is 10.9 Å². The van der Waals surface area contributed by atoms with E-state index in [-0.39, 0.29) is 0 Å². The van der Waals surface area contributed by atoms with Crippen molar-refractivity contribution in [2.24, 2.45) is 0 Å². The second kappa shape index (κ2) is 8.29. The average Bonchev–Trinajstić information content (AvgIpc) is 2.32. The van der Waals surface area contributed by atoms with E-state index in [9.17, 15) is 4.39 Å². The molecule has 0 amide bonds. The summed E-state index contributed by atoms with van der Waals surface area (Å²) >= 11 is 3.37. The highest BCUT2D eigenvalue weighted by Crippen LogP contribution is 2.19. The van der Waals surface area contributed by atoms with Crippen molar-refractivity contribution in [2.45, 2.75) is 12.8 Å². The fourth-order valence-electron chi connectivity index (χ4n) is 1.35. The minimum Gasteiger partial charge on any atom is -0.497 e. The van der Waals surface area contributed by atoms with Gasteiger partial charge in [-0.3, -0.25) is 0 Å². The van der Waals surface area contributed by atoms with Gasteiger partial charge in [-0.15, -0.1) is 5.73 Å². The molecule has 0 aliphatic heterocycles. The van der Waals surface area contributed by atoms with Crippen LogP contribution in [0.3, 0.4) is 0 Å². The van der Waals surface area contributed by atoms with Gasteiger partial charge in [0.05, 0.1) is 6.61 Å². The lowest BCUT2D eigenvalue weighted by molar-refractivity contribution is 0.141. The molecule has 0 aromatic rings. The molecule has 4 heteroatoms. The predicted molar refractivity (Wildman–Crippen MR) is 69.7 cm³/mol. The van der Waals surface area contributed by atoms with Gasteiger partial charge in [0.1, 0.15) is 12.4 Å². The average molecular weight is 303 g/mol. The molecule has 0 heterocycles. The van der Waals surface area contributed by atoms with Gasteiger partial charge in [-0.25, -0.2) is 4.39 Å². The van der Waals surface area contributed by atoms with E-state index in [1.807, 2.05) is 6.08 Å². The Hall–Kier alpha value is -0.830. The van der Waals surface area contributed by atoms with Crippen LogP contribution in [-0.2, 0) is 9.47 Å². The molecule has 0 saturated heterocycles. The molecule has 0 unspecified atom stereocenters. The molecule has 0 radical (unpaired) electrons. The number of ether oxygens (including phenoxy) is 2. The number of alkyl halides is 1. The SMILES string of the molecule is COCCCO/C1=C(\CF)C=C=C/C(Br)=C\C1. The number of hydrogen-bond donors (Lipinski definition) is 0. The van der Waals surface area contributed by atoms with Crippen LogP contribution in [0.25, 0.3) is 0 Å². The molecule has 0 aromatic carbocycles. The Labute approximate surface area is 110 Å². The fourth-order valence-corrected chi connectivity index (χ4v) is 1.64. The lowest BCUT2D eigenvalue weighted by atomic mass is 10.1. The standard InChI is InChI=1S/C13H16BrFO2/c1-16-8-3-9-17-13-7-6-12(14)5-2-4-11(13)10-15/h4-6H,3,7-10H2,1H3/b12-6+,13-11-. The predicted octanol–water partition coefficient (Wildman–Crippen LogP) is 3.66. The number of allylic oxidation sites excluding steroid dienone is 4. The van der Waals surface area contributed by atoms with Gasteiger partial charge in [-0.2, -0.15) is 0 Å². The van der Waals surface area contributed by atoms with Crippen LogP contribution in [0.2, 0.25) is 0 Å². The zero-order valence-corrected chi connectivity index (χ0v) is 11.4.